The summed E-state index contributed by atoms with van der Waals surface area (Å²) in [6, 6.07) is 57.2. The van der Waals surface area contributed by atoms with Crippen molar-refractivity contribution in [2.45, 2.75) is 12.5 Å². The third-order valence-electron chi connectivity index (χ3n) is 9.99. The van der Waals surface area contributed by atoms with Crippen molar-refractivity contribution in [3.05, 3.63) is 181 Å². The van der Waals surface area contributed by atoms with Gasteiger partial charge in [0.1, 0.15) is 0 Å². The maximum Gasteiger partial charge on any atom is 0.0791 e. The normalized spacial score (nSPS) is 14.8. The van der Waals surface area contributed by atoms with E-state index in [0.717, 1.165) is 23.4 Å². The Labute approximate surface area is 278 Å². The molecule has 0 fully saturated rings. The first-order valence-electron chi connectivity index (χ1n) is 16.7. The Morgan fingerprint density at radius 3 is 2.10 bits per heavy atom. The molecule has 1 unspecified atom stereocenters. The van der Waals surface area contributed by atoms with Crippen molar-refractivity contribution in [3.63, 3.8) is 0 Å². The van der Waals surface area contributed by atoms with Gasteiger partial charge >= 0.3 is 0 Å². The highest BCUT2D eigenvalue weighted by atomic mass is 15.0. The molecule has 0 N–H and O–H groups in total. The quantitative estimate of drug-likeness (QED) is 0.188. The van der Waals surface area contributed by atoms with Gasteiger partial charge in [-0.25, -0.2) is 0 Å². The van der Waals surface area contributed by atoms with Crippen LogP contribution in [-0.4, -0.2) is 14.8 Å². The maximum atomic E-state index is 5.22. The highest BCUT2D eigenvalue weighted by Gasteiger charge is 2.22. The van der Waals surface area contributed by atoms with Gasteiger partial charge in [0.25, 0.3) is 0 Å². The van der Waals surface area contributed by atoms with Crippen LogP contribution in [0.25, 0.3) is 65.8 Å². The Balaban J connectivity index is 1.24. The zero-order valence-electron chi connectivity index (χ0n) is 26.3. The summed E-state index contributed by atoms with van der Waals surface area (Å²) in [7, 11) is 0. The lowest BCUT2D eigenvalue weighted by molar-refractivity contribution is 0.736. The lowest BCUT2D eigenvalue weighted by Crippen LogP contribution is -2.07. The molecule has 10 rings (SSSR count). The molecule has 0 saturated heterocycles. The first-order chi connectivity index (χ1) is 23.8. The van der Waals surface area contributed by atoms with E-state index in [9.17, 15) is 0 Å². The molecule has 3 heterocycles. The first-order valence-corrected chi connectivity index (χ1v) is 16.7. The minimum atomic E-state index is 0.0684. The van der Waals surface area contributed by atoms with Crippen LogP contribution in [0.3, 0.4) is 0 Å². The van der Waals surface area contributed by atoms with E-state index in [-0.39, 0.29) is 6.04 Å². The fraction of sp³-hybridized carbons (Fsp3) is 0.0444. The van der Waals surface area contributed by atoms with Crippen LogP contribution in [0.4, 0.5) is 0 Å². The van der Waals surface area contributed by atoms with Crippen LogP contribution in [0.1, 0.15) is 23.6 Å². The summed E-state index contributed by atoms with van der Waals surface area (Å²) in [4.78, 5) is 5.22. The van der Waals surface area contributed by atoms with Crippen molar-refractivity contribution in [1.29, 1.82) is 0 Å². The largest absolute Gasteiger partial charge is 0.309 e. The SMILES string of the molecule is C1=CC(c2ccccc2)=NC(c2cccc(-n3c4ccccc4c4c3ccc3c5ccccc5n(-c5cccc6ccccc56)c34)c2)C1. The zero-order chi connectivity index (χ0) is 31.6. The summed E-state index contributed by atoms with van der Waals surface area (Å²) in [5.74, 6) is 0. The molecular formula is C45H31N3. The third-order valence-corrected chi connectivity index (χ3v) is 9.99. The van der Waals surface area contributed by atoms with Crippen LogP contribution >= 0.6 is 0 Å². The number of hydrogen-bond donors (Lipinski definition) is 0. The summed E-state index contributed by atoms with van der Waals surface area (Å²) >= 11 is 0. The van der Waals surface area contributed by atoms with Gasteiger partial charge in [-0.2, -0.15) is 0 Å². The molecule has 0 radical (unpaired) electrons. The van der Waals surface area contributed by atoms with Gasteiger partial charge in [0.2, 0.25) is 0 Å². The lowest BCUT2D eigenvalue weighted by atomic mass is 9.98. The molecule has 7 aromatic carbocycles. The number of dihydropyridines is 1. The van der Waals surface area contributed by atoms with E-state index >= 15 is 0 Å². The number of para-hydroxylation sites is 2. The highest BCUT2D eigenvalue weighted by molar-refractivity contribution is 6.26. The number of rotatable bonds is 4. The first kappa shape index (κ1) is 27.0. The summed E-state index contributed by atoms with van der Waals surface area (Å²) in [6.07, 6.45) is 5.30. The van der Waals surface area contributed by atoms with E-state index in [2.05, 4.69) is 179 Å². The van der Waals surface area contributed by atoms with E-state index in [0.29, 0.717) is 0 Å². The van der Waals surface area contributed by atoms with Gasteiger partial charge in [0, 0.05) is 32.6 Å². The van der Waals surface area contributed by atoms with Gasteiger partial charge in [-0.05, 0) is 65.4 Å². The molecule has 226 valence electrons. The monoisotopic (exact) mass is 613 g/mol. The van der Waals surface area contributed by atoms with Crippen molar-refractivity contribution in [2.24, 2.45) is 4.99 Å². The molecular weight excluding hydrogens is 583 g/mol. The molecule has 9 aromatic rings. The molecule has 0 spiro atoms. The minimum Gasteiger partial charge on any atom is -0.309 e. The predicted molar refractivity (Wildman–Crippen MR) is 202 cm³/mol. The van der Waals surface area contributed by atoms with Gasteiger partial charge in [0.15, 0.2) is 0 Å². The molecule has 1 atom stereocenters. The van der Waals surface area contributed by atoms with Crippen molar-refractivity contribution in [3.8, 4) is 11.4 Å². The molecule has 1 aliphatic rings. The van der Waals surface area contributed by atoms with Gasteiger partial charge in [-0.3, -0.25) is 4.99 Å². The summed E-state index contributed by atoms with van der Waals surface area (Å²) in [6.45, 7) is 0. The Morgan fingerprint density at radius 1 is 0.521 bits per heavy atom. The fourth-order valence-corrected chi connectivity index (χ4v) is 7.87. The number of aliphatic imine (C=N–C) groups is 1. The van der Waals surface area contributed by atoms with E-state index in [4.69, 9.17) is 4.99 Å². The van der Waals surface area contributed by atoms with Crippen LogP contribution in [-0.2, 0) is 0 Å². The van der Waals surface area contributed by atoms with Crippen LogP contribution in [0, 0.1) is 0 Å². The number of hydrogen-bond acceptors (Lipinski definition) is 1. The van der Waals surface area contributed by atoms with Gasteiger partial charge in [0.05, 0.1) is 39.5 Å². The van der Waals surface area contributed by atoms with Gasteiger partial charge in [-0.1, -0.05) is 127 Å². The molecule has 0 saturated carbocycles. The fourth-order valence-electron chi connectivity index (χ4n) is 7.87. The van der Waals surface area contributed by atoms with Gasteiger partial charge in [-0.15, -0.1) is 0 Å². The Hall–Kier alpha value is -6.19. The Bertz CT molecular complexity index is 2750. The van der Waals surface area contributed by atoms with Crippen LogP contribution < -0.4 is 0 Å². The van der Waals surface area contributed by atoms with Crippen molar-refractivity contribution in [1.82, 2.24) is 9.13 Å². The van der Waals surface area contributed by atoms with E-state index in [1.165, 1.54) is 65.6 Å². The number of fused-ring (bicyclic) bond motifs is 8. The lowest BCUT2D eigenvalue weighted by Gasteiger charge is -2.18. The average molecular weight is 614 g/mol. The summed E-state index contributed by atoms with van der Waals surface area (Å²) in [5.41, 5.74) is 10.6. The smallest absolute Gasteiger partial charge is 0.0791 e. The van der Waals surface area contributed by atoms with Crippen molar-refractivity contribution in [2.75, 3.05) is 0 Å². The number of aromatic nitrogens is 2. The molecule has 0 aliphatic carbocycles. The molecule has 2 aromatic heterocycles. The van der Waals surface area contributed by atoms with Crippen LogP contribution in [0.5, 0.6) is 0 Å². The third kappa shape index (κ3) is 4.04. The Morgan fingerprint density at radius 2 is 1.23 bits per heavy atom. The van der Waals surface area contributed by atoms with Gasteiger partial charge < -0.3 is 9.13 Å². The summed E-state index contributed by atoms with van der Waals surface area (Å²) in [5, 5.41) is 7.52. The van der Waals surface area contributed by atoms with Crippen molar-refractivity contribution >= 4 is 60.1 Å². The van der Waals surface area contributed by atoms with Crippen LogP contribution in [0.15, 0.2) is 175 Å². The molecule has 1 aliphatic heterocycles. The Kier molecular flexibility index (Phi) is 6.00. The van der Waals surface area contributed by atoms with Crippen LogP contribution in [0.2, 0.25) is 0 Å². The van der Waals surface area contributed by atoms with Crippen molar-refractivity contribution < 1.29 is 0 Å². The van der Waals surface area contributed by atoms with E-state index in [1.807, 2.05) is 0 Å². The molecule has 0 bridgehead atoms. The standard InChI is InChI=1S/C45H31N3/c1-2-14-31(15-3-1)38-22-12-23-39(46-38)32-17-10-18-33(29-32)47-42-25-9-7-21-37(42)44-43(47)28-27-36-35-20-6-8-24-41(35)48(45(36)44)40-26-11-16-30-13-4-5-19-34(30)40/h1-22,24-29,39H,23H2. The molecule has 3 heteroatoms. The zero-order valence-corrected chi connectivity index (χ0v) is 26.3. The van der Waals surface area contributed by atoms with E-state index < -0.39 is 0 Å². The number of allylic oxidation sites excluding steroid dienone is 1. The number of benzene rings is 7. The minimum absolute atomic E-state index is 0.0684. The second-order valence-electron chi connectivity index (χ2n) is 12.7. The molecule has 0 amide bonds. The molecule has 48 heavy (non-hydrogen) atoms. The predicted octanol–water partition coefficient (Wildman–Crippen LogP) is 11.5. The highest BCUT2D eigenvalue weighted by Crippen LogP contribution is 2.43. The summed E-state index contributed by atoms with van der Waals surface area (Å²) < 4.78 is 4.94. The topological polar surface area (TPSA) is 22.2 Å². The number of nitrogens with zero attached hydrogens (tertiary/aromatic N) is 3. The second kappa shape index (κ2) is 10.7. The van der Waals surface area contributed by atoms with E-state index in [1.54, 1.807) is 0 Å². The molecule has 3 nitrogen and oxygen atoms in total. The maximum absolute atomic E-state index is 5.22. The second-order valence-corrected chi connectivity index (χ2v) is 12.7. The average Bonchev–Trinajstić information content (AvgIpc) is 3.68.